The second kappa shape index (κ2) is 7.33. The van der Waals surface area contributed by atoms with Gasteiger partial charge in [0.1, 0.15) is 11.7 Å². The summed E-state index contributed by atoms with van der Waals surface area (Å²) in [5.41, 5.74) is 0.333. The van der Waals surface area contributed by atoms with Gasteiger partial charge >= 0.3 is 0 Å². The summed E-state index contributed by atoms with van der Waals surface area (Å²) in [4.78, 5) is 17.0. The molecule has 0 saturated carbocycles. The largest absolute Gasteiger partial charge is 0.321 e. The number of aliphatic imine (C=N–C) groups is 1. The number of anilines is 1. The number of amidine groups is 1. The number of carbonyl (C=O) groups excluding carboxylic acids is 1. The monoisotopic (exact) mass is 417 g/mol. The van der Waals surface area contributed by atoms with Crippen LogP contribution in [0, 0.1) is 5.82 Å². The van der Waals surface area contributed by atoms with E-state index in [9.17, 15) is 17.6 Å². The number of thiophene rings is 1. The van der Waals surface area contributed by atoms with Crippen molar-refractivity contribution in [3.63, 3.8) is 0 Å². The minimum atomic E-state index is -3.77. The molecule has 0 spiro atoms. The average Bonchev–Trinajstić information content (AvgIpc) is 3.32. The van der Waals surface area contributed by atoms with Gasteiger partial charge in [0.15, 0.2) is 0 Å². The van der Waals surface area contributed by atoms with Crippen molar-refractivity contribution < 1.29 is 17.6 Å². The topological polar surface area (TPSA) is 87.6 Å². The summed E-state index contributed by atoms with van der Waals surface area (Å²) in [7, 11) is -3.77. The Morgan fingerprint density at radius 1 is 1.14 bits per heavy atom. The number of benzene rings is 2. The highest BCUT2D eigenvalue weighted by molar-refractivity contribution is 7.90. The highest BCUT2D eigenvalue weighted by Crippen LogP contribution is 2.28. The van der Waals surface area contributed by atoms with Crippen LogP contribution in [-0.2, 0) is 10.0 Å². The molecule has 2 aromatic carbocycles. The van der Waals surface area contributed by atoms with Crippen LogP contribution in [-0.4, -0.2) is 26.7 Å². The number of rotatable bonds is 4. The molecule has 2 N–H and O–H groups in total. The van der Waals surface area contributed by atoms with Gasteiger partial charge in [0.25, 0.3) is 15.9 Å². The molecule has 1 aliphatic heterocycles. The molecule has 0 unspecified atom stereocenters. The molecule has 6 nitrogen and oxygen atoms in total. The zero-order valence-corrected chi connectivity index (χ0v) is 16.2. The van der Waals surface area contributed by atoms with Gasteiger partial charge in [0, 0.05) is 28.7 Å². The van der Waals surface area contributed by atoms with Gasteiger partial charge in [0.05, 0.1) is 9.77 Å². The molecule has 0 saturated heterocycles. The van der Waals surface area contributed by atoms with E-state index in [1.54, 1.807) is 24.3 Å². The Morgan fingerprint density at radius 2 is 1.96 bits per heavy atom. The van der Waals surface area contributed by atoms with E-state index in [1.165, 1.54) is 35.6 Å². The summed E-state index contributed by atoms with van der Waals surface area (Å²) in [5, 5.41) is 3.06. The van der Waals surface area contributed by atoms with Crippen molar-refractivity contribution in [1.82, 2.24) is 4.72 Å². The van der Waals surface area contributed by atoms with E-state index in [2.05, 4.69) is 15.0 Å². The SMILES string of the molecule is O=C(Nc1cccc(S(=O)(=O)NC2=NCCC2)c1)c1cc2c(F)cccc2s1. The summed E-state index contributed by atoms with van der Waals surface area (Å²) in [6.07, 6.45) is 1.42. The Morgan fingerprint density at radius 3 is 2.71 bits per heavy atom. The first kappa shape index (κ1) is 18.6. The molecule has 1 aromatic heterocycles. The molecular formula is C19H16FN3O3S2. The summed E-state index contributed by atoms with van der Waals surface area (Å²) < 4.78 is 42.0. The van der Waals surface area contributed by atoms with Gasteiger partial charge < -0.3 is 5.32 Å². The second-order valence-electron chi connectivity index (χ2n) is 6.28. The lowest BCUT2D eigenvalue weighted by molar-refractivity contribution is 0.103. The van der Waals surface area contributed by atoms with Crippen LogP contribution in [0.3, 0.4) is 0 Å². The first-order valence-corrected chi connectivity index (χ1v) is 10.9. The summed E-state index contributed by atoms with van der Waals surface area (Å²) in [6.45, 7) is 0.615. The van der Waals surface area contributed by atoms with Crippen LogP contribution >= 0.6 is 11.3 Å². The lowest BCUT2D eigenvalue weighted by atomic mass is 10.2. The van der Waals surface area contributed by atoms with Crippen molar-refractivity contribution in [2.45, 2.75) is 17.7 Å². The van der Waals surface area contributed by atoms with Crippen molar-refractivity contribution in [2.75, 3.05) is 11.9 Å². The maximum atomic E-state index is 13.8. The highest BCUT2D eigenvalue weighted by Gasteiger charge is 2.19. The Balaban J connectivity index is 1.55. The van der Waals surface area contributed by atoms with E-state index in [4.69, 9.17) is 0 Å². The van der Waals surface area contributed by atoms with Gasteiger partial charge in [-0.25, -0.2) is 12.8 Å². The van der Waals surface area contributed by atoms with E-state index in [0.717, 1.165) is 6.42 Å². The number of halogens is 1. The van der Waals surface area contributed by atoms with Crippen molar-refractivity contribution in [2.24, 2.45) is 4.99 Å². The molecule has 0 atom stereocenters. The number of nitrogens with one attached hydrogen (secondary N) is 2. The molecule has 0 radical (unpaired) electrons. The number of nitrogens with zero attached hydrogens (tertiary/aromatic N) is 1. The third-order valence-electron chi connectivity index (χ3n) is 4.26. The second-order valence-corrected chi connectivity index (χ2v) is 9.05. The fourth-order valence-electron chi connectivity index (χ4n) is 2.91. The van der Waals surface area contributed by atoms with Gasteiger partial charge in [-0.2, -0.15) is 0 Å². The minimum Gasteiger partial charge on any atom is -0.321 e. The van der Waals surface area contributed by atoms with E-state index in [1.807, 2.05) is 0 Å². The normalized spacial score (nSPS) is 14.1. The van der Waals surface area contributed by atoms with Crippen molar-refractivity contribution in [3.05, 3.63) is 59.2 Å². The van der Waals surface area contributed by atoms with Gasteiger partial charge in [-0.1, -0.05) is 12.1 Å². The van der Waals surface area contributed by atoms with Gasteiger partial charge in [-0.05, 0) is 42.8 Å². The number of hydrogen-bond donors (Lipinski definition) is 2. The lowest BCUT2D eigenvalue weighted by Crippen LogP contribution is -2.29. The standard InChI is InChI=1S/C19H16FN3O3S2/c20-15-6-2-7-16-14(15)11-17(27-16)19(24)22-12-4-1-5-13(10-12)28(25,26)23-18-8-3-9-21-18/h1-2,4-7,10-11H,3,8-9H2,(H,21,23)(H,22,24). The van der Waals surface area contributed by atoms with Gasteiger partial charge in [-0.15, -0.1) is 11.3 Å². The van der Waals surface area contributed by atoms with Crippen LogP contribution < -0.4 is 10.0 Å². The maximum absolute atomic E-state index is 13.8. The molecule has 28 heavy (non-hydrogen) atoms. The lowest BCUT2D eigenvalue weighted by Gasteiger charge is -2.09. The fraction of sp³-hybridized carbons (Fsp3) is 0.158. The van der Waals surface area contributed by atoms with Gasteiger partial charge in [0.2, 0.25) is 0 Å². The van der Waals surface area contributed by atoms with Crippen LogP contribution in [0.25, 0.3) is 10.1 Å². The summed E-state index contributed by atoms with van der Waals surface area (Å²) in [5.74, 6) is -0.369. The molecule has 1 aliphatic rings. The molecule has 0 bridgehead atoms. The molecular weight excluding hydrogens is 401 g/mol. The Kier molecular flexibility index (Phi) is 4.86. The third kappa shape index (κ3) is 3.76. The zero-order valence-electron chi connectivity index (χ0n) is 14.6. The molecule has 1 amide bonds. The predicted octanol–water partition coefficient (Wildman–Crippen LogP) is 3.76. The van der Waals surface area contributed by atoms with Gasteiger partial charge in [-0.3, -0.25) is 14.5 Å². The van der Waals surface area contributed by atoms with Crippen LogP contribution in [0.4, 0.5) is 10.1 Å². The van der Waals surface area contributed by atoms with E-state index >= 15 is 0 Å². The molecule has 9 heteroatoms. The first-order chi connectivity index (χ1) is 13.4. The van der Waals surface area contributed by atoms with Crippen LogP contribution in [0.2, 0.25) is 0 Å². The van der Waals surface area contributed by atoms with Crippen LogP contribution in [0.5, 0.6) is 0 Å². The molecule has 2 heterocycles. The van der Waals surface area contributed by atoms with Crippen LogP contribution in [0.15, 0.2) is 58.4 Å². The summed E-state index contributed by atoms with van der Waals surface area (Å²) in [6, 6.07) is 12.1. The summed E-state index contributed by atoms with van der Waals surface area (Å²) >= 11 is 1.17. The van der Waals surface area contributed by atoms with E-state index in [-0.39, 0.29) is 10.7 Å². The third-order valence-corrected chi connectivity index (χ3v) is 6.74. The molecule has 0 aliphatic carbocycles. The fourth-order valence-corrected chi connectivity index (χ4v) is 5.01. The van der Waals surface area contributed by atoms with Crippen molar-refractivity contribution in [1.29, 1.82) is 0 Å². The number of amides is 1. The highest BCUT2D eigenvalue weighted by atomic mass is 32.2. The van der Waals surface area contributed by atoms with Crippen molar-refractivity contribution in [3.8, 4) is 0 Å². The quantitative estimate of drug-likeness (QED) is 0.678. The van der Waals surface area contributed by atoms with Crippen molar-refractivity contribution >= 4 is 48.9 Å². The minimum absolute atomic E-state index is 0.0299. The smallest absolute Gasteiger partial charge is 0.265 e. The predicted molar refractivity (Wildman–Crippen MR) is 108 cm³/mol. The molecule has 144 valence electrons. The average molecular weight is 417 g/mol. The van der Waals surface area contributed by atoms with E-state index in [0.29, 0.717) is 39.5 Å². The zero-order chi connectivity index (χ0) is 19.7. The number of fused-ring (bicyclic) bond motifs is 1. The Bertz CT molecular complexity index is 1200. The maximum Gasteiger partial charge on any atom is 0.265 e. The number of carbonyl (C=O) groups is 1. The Hall–Kier alpha value is -2.78. The Labute approximate surface area is 165 Å². The molecule has 4 rings (SSSR count). The first-order valence-electron chi connectivity index (χ1n) is 8.58. The van der Waals surface area contributed by atoms with E-state index < -0.39 is 15.9 Å². The number of hydrogen-bond acceptors (Lipinski definition) is 5. The van der Waals surface area contributed by atoms with Crippen LogP contribution in [0.1, 0.15) is 22.5 Å². The molecule has 3 aromatic rings. The number of sulfonamides is 1. The molecule has 0 fully saturated rings.